The summed E-state index contributed by atoms with van der Waals surface area (Å²) in [5.41, 5.74) is 0.682. The van der Waals surface area contributed by atoms with E-state index in [4.69, 9.17) is 11.6 Å². The molecule has 10 heteroatoms. The molecule has 1 aliphatic carbocycles. The number of hydrogen-bond acceptors (Lipinski definition) is 4. The zero-order valence-corrected chi connectivity index (χ0v) is 18.7. The maximum Gasteiger partial charge on any atom is 0.268 e. The van der Waals surface area contributed by atoms with Gasteiger partial charge in [0.2, 0.25) is 11.8 Å². The van der Waals surface area contributed by atoms with Crippen molar-refractivity contribution in [3.05, 3.63) is 34.7 Å². The van der Waals surface area contributed by atoms with Crippen molar-refractivity contribution in [1.82, 2.24) is 20.9 Å². The maximum absolute atomic E-state index is 13.7. The molecule has 1 saturated carbocycles. The summed E-state index contributed by atoms with van der Waals surface area (Å²) in [6.45, 7) is 0.626. The van der Waals surface area contributed by atoms with Crippen LogP contribution in [0.15, 0.2) is 18.2 Å². The van der Waals surface area contributed by atoms with Gasteiger partial charge in [-0.05, 0) is 49.8 Å². The first-order chi connectivity index (χ1) is 15.8. The summed E-state index contributed by atoms with van der Waals surface area (Å²) in [5, 5.41) is 18.2. The number of nitrogens with one attached hydrogen (secondary N) is 4. The van der Waals surface area contributed by atoms with Crippen molar-refractivity contribution >= 4 is 40.2 Å². The Hall–Kier alpha value is -3.12. The van der Waals surface area contributed by atoms with Crippen LogP contribution in [0.3, 0.4) is 0 Å². The number of carbonyl (C=O) groups is 3. The first-order valence-corrected chi connectivity index (χ1v) is 11.5. The molecule has 1 saturated heterocycles. The minimum absolute atomic E-state index is 0.0588. The summed E-state index contributed by atoms with van der Waals surface area (Å²) in [4.78, 5) is 40.7. The summed E-state index contributed by atoms with van der Waals surface area (Å²) in [6.07, 6.45) is 4.16. The lowest BCUT2D eigenvalue weighted by atomic mass is 9.92. The minimum Gasteiger partial charge on any atom is -0.356 e. The number of aromatic nitrogens is 1. The van der Waals surface area contributed by atoms with Crippen molar-refractivity contribution in [1.29, 1.82) is 5.26 Å². The number of amides is 3. The fourth-order valence-electron chi connectivity index (χ4n) is 4.16. The van der Waals surface area contributed by atoms with E-state index < -0.39 is 29.7 Å². The standard InChI is InChI=1S/C23H25ClFN5O3/c24-16-10-18-14(8-17(16)25)9-20(29-18)23(33)30-19(6-12-3-4-12)22(32)28-15(11-26)7-13-2-1-5-27-21(13)31/h8-10,12-13,15,19,29H,1-7H2,(H,27,31)(H,28,32)(H,30,33). The van der Waals surface area contributed by atoms with Crippen molar-refractivity contribution < 1.29 is 18.8 Å². The number of hydrogen-bond donors (Lipinski definition) is 4. The highest BCUT2D eigenvalue weighted by atomic mass is 35.5. The predicted molar refractivity (Wildman–Crippen MR) is 120 cm³/mol. The monoisotopic (exact) mass is 473 g/mol. The van der Waals surface area contributed by atoms with Crippen LogP contribution in [-0.4, -0.2) is 41.3 Å². The molecule has 3 amide bonds. The van der Waals surface area contributed by atoms with Gasteiger partial charge in [-0.25, -0.2) is 4.39 Å². The number of nitrogens with zero attached hydrogens (tertiary/aromatic N) is 1. The first-order valence-electron chi connectivity index (χ1n) is 11.1. The molecule has 33 heavy (non-hydrogen) atoms. The SMILES string of the molecule is N#CC(CC1CCCNC1=O)NC(=O)C(CC1CC1)NC(=O)c1cc2cc(F)c(Cl)cc2[nH]1. The molecule has 2 fully saturated rings. The molecular weight excluding hydrogens is 449 g/mol. The molecule has 2 heterocycles. The Labute approximate surface area is 195 Å². The van der Waals surface area contributed by atoms with Crippen LogP contribution in [-0.2, 0) is 9.59 Å². The number of halogens is 2. The molecule has 4 N–H and O–H groups in total. The average molecular weight is 474 g/mol. The summed E-state index contributed by atoms with van der Waals surface area (Å²) >= 11 is 5.81. The number of benzene rings is 1. The maximum atomic E-state index is 13.7. The molecule has 8 nitrogen and oxygen atoms in total. The molecule has 3 unspecified atom stereocenters. The summed E-state index contributed by atoms with van der Waals surface area (Å²) < 4.78 is 13.7. The summed E-state index contributed by atoms with van der Waals surface area (Å²) in [6, 6.07) is 4.53. The number of aromatic amines is 1. The van der Waals surface area contributed by atoms with Crippen LogP contribution in [0.4, 0.5) is 4.39 Å². The number of piperidine rings is 1. The van der Waals surface area contributed by atoms with Gasteiger partial charge in [0.05, 0.1) is 11.1 Å². The lowest BCUT2D eigenvalue weighted by Crippen LogP contribution is -2.50. The van der Waals surface area contributed by atoms with Gasteiger partial charge in [0.15, 0.2) is 0 Å². The Morgan fingerprint density at radius 3 is 2.70 bits per heavy atom. The van der Waals surface area contributed by atoms with Gasteiger partial charge in [0.1, 0.15) is 23.6 Å². The van der Waals surface area contributed by atoms with Gasteiger partial charge in [-0.15, -0.1) is 0 Å². The smallest absolute Gasteiger partial charge is 0.268 e. The number of nitriles is 1. The quantitative estimate of drug-likeness (QED) is 0.470. The van der Waals surface area contributed by atoms with Gasteiger partial charge in [0, 0.05) is 23.4 Å². The number of H-pyrrole nitrogens is 1. The van der Waals surface area contributed by atoms with Gasteiger partial charge in [-0.1, -0.05) is 24.4 Å². The topological polar surface area (TPSA) is 127 Å². The molecular formula is C23H25ClFN5O3. The normalized spacial score (nSPS) is 19.9. The van der Waals surface area contributed by atoms with E-state index in [0.29, 0.717) is 36.2 Å². The molecule has 1 aromatic heterocycles. The van der Waals surface area contributed by atoms with Crippen molar-refractivity contribution in [2.24, 2.45) is 11.8 Å². The fourth-order valence-corrected chi connectivity index (χ4v) is 4.33. The van der Waals surface area contributed by atoms with Gasteiger partial charge >= 0.3 is 0 Å². The minimum atomic E-state index is -0.830. The molecule has 4 rings (SSSR count). The second kappa shape index (κ2) is 9.79. The zero-order chi connectivity index (χ0) is 23.5. The third kappa shape index (κ3) is 5.63. The van der Waals surface area contributed by atoms with Crippen LogP contribution in [0.25, 0.3) is 10.9 Å². The van der Waals surface area contributed by atoms with E-state index in [1.165, 1.54) is 18.2 Å². The molecule has 3 atom stereocenters. The Morgan fingerprint density at radius 1 is 1.21 bits per heavy atom. The first kappa shape index (κ1) is 23.1. The molecule has 0 radical (unpaired) electrons. The lowest BCUT2D eigenvalue weighted by Gasteiger charge is -2.25. The second-order valence-electron chi connectivity index (χ2n) is 8.80. The van der Waals surface area contributed by atoms with E-state index in [-0.39, 0.29) is 29.0 Å². The van der Waals surface area contributed by atoms with Gasteiger partial charge in [-0.2, -0.15) is 5.26 Å². The van der Waals surface area contributed by atoms with E-state index in [1.54, 1.807) is 0 Å². The Balaban J connectivity index is 1.43. The van der Waals surface area contributed by atoms with Crippen LogP contribution in [0, 0.1) is 29.0 Å². The molecule has 2 aliphatic rings. The summed E-state index contributed by atoms with van der Waals surface area (Å²) in [7, 11) is 0. The highest BCUT2D eigenvalue weighted by Crippen LogP contribution is 2.33. The van der Waals surface area contributed by atoms with Crippen LogP contribution in [0.1, 0.15) is 49.0 Å². The fraction of sp³-hybridized carbons (Fsp3) is 0.478. The molecule has 2 aromatic rings. The van der Waals surface area contributed by atoms with Crippen LogP contribution in [0.2, 0.25) is 5.02 Å². The Bertz CT molecular complexity index is 1080. The third-order valence-corrected chi connectivity index (χ3v) is 6.48. The van der Waals surface area contributed by atoms with Crippen molar-refractivity contribution in [2.75, 3.05) is 6.54 Å². The number of fused-ring (bicyclic) bond motifs is 1. The van der Waals surface area contributed by atoms with Crippen LogP contribution in [0.5, 0.6) is 0 Å². The molecule has 0 bridgehead atoms. The predicted octanol–water partition coefficient (Wildman–Crippen LogP) is 2.78. The van der Waals surface area contributed by atoms with E-state index >= 15 is 0 Å². The van der Waals surface area contributed by atoms with Crippen molar-refractivity contribution in [3.63, 3.8) is 0 Å². The van der Waals surface area contributed by atoms with E-state index in [2.05, 4.69) is 27.0 Å². The van der Waals surface area contributed by atoms with Crippen LogP contribution >= 0.6 is 11.6 Å². The Morgan fingerprint density at radius 2 is 2.00 bits per heavy atom. The van der Waals surface area contributed by atoms with Gasteiger partial charge in [0.25, 0.3) is 5.91 Å². The van der Waals surface area contributed by atoms with E-state index in [0.717, 1.165) is 19.3 Å². The average Bonchev–Trinajstić information content (AvgIpc) is 3.52. The third-order valence-electron chi connectivity index (χ3n) is 6.19. The largest absolute Gasteiger partial charge is 0.356 e. The van der Waals surface area contributed by atoms with Gasteiger partial charge in [-0.3, -0.25) is 14.4 Å². The van der Waals surface area contributed by atoms with E-state index in [1.807, 2.05) is 0 Å². The van der Waals surface area contributed by atoms with E-state index in [9.17, 15) is 24.0 Å². The van der Waals surface area contributed by atoms with Crippen molar-refractivity contribution in [2.45, 2.75) is 50.6 Å². The molecule has 1 aromatic carbocycles. The highest BCUT2D eigenvalue weighted by molar-refractivity contribution is 6.31. The number of carbonyl (C=O) groups excluding carboxylic acids is 3. The molecule has 1 aliphatic heterocycles. The Kier molecular flexibility index (Phi) is 6.84. The number of rotatable bonds is 8. The molecule has 174 valence electrons. The van der Waals surface area contributed by atoms with Crippen molar-refractivity contribution in [3.8, 4) is 6.07 Å². The zero-order valence-electron chi connectivity index (χ0n) is 17.9. The van der Waals surface area contributed by atoms with Crippen LogP contribution < -0.4 is 16.0 Å². The molecule has 0 spiro atoms. The summed E-state index contributed by atoms with van der Waals surface area (Å²) in [5.74, 6) is -1.64. The second-order valence-corrected chi connectivity index (χ2v) is 9.21. The highest BCUT2D eigenvalue weighted by Gasteiger charge is 2.33. The van der Waals surface area contributed by atoms with Gasteiger partial charge < -0.3 is 20.9 Å². The lowest BCUT2D eigenvalue weighted by molar-refractivity contribution is -0.128.